The Labute approximate surface area is 111 Å². The van der Waals surface area contributed by atoms with Crippen LogP contribution in [-0.4, -0.2) is 28.1 Å². The van der Waals surface area contributed by atoms with Crippen LogP contribution in [0.5, 0.6) is 0 Å². The summed E-state index contributed by atoms with van der Waals surface area (Å²) in [4.78, 5) is 13.0. The van der Waals surface area contributed by atoms with Gasteiger partial charge in [-0.1, -0.05) is 24.6 Å². The molecule has 0 fully saturated rings. The van der Waals surface area contributed by atoms with Gasteiger partial charge in [-0.25, -0.2) is 4.39 Å². The number of halogens is 2. The van der Waals surface area contributed by atoms with Crippen LogP contribution in [0.3, 0.4) is 0 Å². The van der Waals surface area contributed by atoms with Gasteiger partial charge < -0.3 is 5.11 Å². The van der Waals surface area contributed by atoms with Gasteiger partial charge in [0.1, 0.15) is 11.4 Å². The van der Waals surface area contributed by atoms with Crippen molar-refractivity contribution < 1.29 is 14.3 Å². The molecule has 5 heteroatoms. The summed E-state index contributed by atoms with van der Waals surface area (Å²) in [5.74, 6) is -1.36. The molecule has 1 N–H and O–H groups in total. The van der Waals surface area contributed by atoms with Gasteiger partial charge in [-0.15, -0.1) is 0 Å². The van der Waals surface area contributed by atoms with Gasteiger partial charge in [0.15, 0.2) is 0 Å². The molecule has 0 aromatic heterocycles. The molecule has 0 saturated heterocycles. The van der Waals surface area contributed by atoms with Crippen molar-refractivity contribution in [2.24, 2.45) is 0 Å². The molecule has 18 heavy (non-hydrogen) atoms. The van der Waals surface area contributed by atoms with Crippen LogP contribution >= 0.6 is 11.6 Å². The van der Waals surface area contributed by atoms with E-state index in [0.717, 1.165) is 5.56 Å². The molecule has 1 rings (SSSR count). The second kappa shape index (κ2) is 5.67. The first-order chi connectivity index (χ1) is 8.28. The van der Waals surface area contributed by atoms with E-state index in [4.69, 9.17) is 11.6 Å². The van der Waals surface area contributed by atoms with E-state index in [2.05, 4.69) is 0 Å². The van der Waals surface area contributed by atoms with Crippen LogP contribution in [0.2, 0.25) is 5.02 Å². The van der Waals surface area contributed by atoms with Crippen LogP contribution in [0.25, 0.3) is 0 Å². The van der Waals surface area contributed by atoms with Gasteiger partial charge in [0.05, 0.1) is 5.02 Å². The van der Waals surface area contributed by atoms with Crippen LogP contribution in [0, 0.1) is 5.82 Å². The summed E-state index contributed by atoms with van der Waals surface area (Å²) in [5.41, 5.74) is -0.187. The maximum Gasteiger partial charge on any atom is 0.323 e. The molecule has 3 nitrogen and oxygen atoms in total. The van der Waals surface area contributed by atoms with Crippen LogP contribution in [-0.2, 0) is 11.3 Å². The lowest BCUT2D eigenvalue weighted by molar-refractivity contribution is -0.149. The Kier molecular flexibility index (Phi) is 4.71. The third kappa shape index (κ3) is 3.21. The summed E-state index contributed by atoms with van der Waals surface area (Å²) < 4.78 is 13.0. The molecular formula is C13H17ClFNO2. The molecule has 0 unspecified atom stereocenters. The average Bonchev–Trinajstić information content (AvgIpc) is 2.30. The predicted molar refractivity (Wildman–Crippen MR) is 69.2 cm³/mol. The minimum Gasteiger partial charge on any atom is -0.480 e. The Morgan fingerprint density at radius 1 is 1.50 bits per heavy atom. The summed E-state index contributed by atoms with van der Waals surface area (Å²) in [5, 5.41) is 9.24. The zero-order chi connectivity index (χ0) is 13.9. The zero-order valence-corrected chi connectivity index (χ0v) is 11.5. The van der Waals surface area contributed by atoms with Crippen molar-refractivity contribution in [1.82, 2.24) is 4.90 Å². The first-order valence-corrected chi connectivity index (χ1v) is 6.09. The highest BCUT2D eigenvalue weighted by Crippen LogP contribution is 2.21. The number of aliphatic carboxylic acids is 1. The molecule has 0 radical (unpaired) electrons. The maximum absolute atomic E-state index is 13.0. The third-order valence-corrected chi connectivity index (χ3v) is 3.34. The molecule has 0 aliphatic heterocycles. The fraction of sp³-hybridized carbons (Fsp3) is 0.462. The Balaban J connectivity index is 2.93. The van der Waals surface area contributed by atoms with E-state index in [1.54, 1.807) is 24.8 Å². The highest BCUT2D eigenvalue weighted by molar-refractivity contribution is 6.30. The van der Waals surface area contributed by atoms with E-state index in [0.29, 0.717) is 13.1 Å². The molecule has 0 atom stereocenters. The number of rotatable bonds is 5. The molecule has 100 valence electrons. The van der Waals surface area contributed by atoms with Gasteiger partial charge in [-0.3, -0.25) is 9.69 Å². The van der Waals surface area contributed by atoms with Gasteiger partial charge in [-0.05, 0) is 38.1 Å². The van der Waals surface area contributed by atoms with Gasteiger partial charge >= 0.3 is 5.97 Å². The number of nitrogens with zero attached hydrogens (tertiary/aromatic N) is 1. The lowest BCUT2D eigenvalue weighted by Gasteiger charge is -2.34. The molecule has 0 bridgehead atoms. The first kappa shape index (κ1) is 14.9. The minimum absolute atomic E-state index is 0.0525. The summed E-state index contributed by atoms with van der Waals surface area (Å²) in [6.45, 7) is 6.16. The smallest absolute Gasteiger partial charge is 0.323 e. The Morgan fingerprint density at radius 3 is 2.56 bits per heavy atom. The van der Waals surface area contributed by atoms with Crippen molar-refractivity contribution in [3.8, 4) is 0 Å². The van der Waals surface area contributed by atoms with Crippen molar-refractivity contribution >= 4 is 17.6 Å². The van der Waals surface area contributed by atoms with Gasteiger partial charge in [0, 0.05) is 6.54 Å². The molecule has 0 saturated carbocycles. The summed E-state index contributed by atoms with van der Waals surface area (Å²) in [6, 6.07) is 4.43. The highest BCUT2D eigenvalue weighted by atomic mass is 35.5. The second-order valence-corrected chi connectivity index (χ2v) is 5.03. The number of benzene rings is 1. The topological polar surface area (TPSA) is 40.5 Å². The number of hydrogen-bond donors (Lipinski definition) is 1. The van der Waals surface area contributed by atoms with Crippen molar-refractivity contribution in [1.29, 1.82) is 0 Å². The highest BCUT2D eigenvalue weighted by Gasteiger charge is 2.33. The standard InChI is InChI=1S/C13H17ClFNO2/c1-4-16(13(2,3)12(17)18)8-9-5-6-11(15)10(14)7-9/h5-7H,4,8H2,1-3H3,(H,17,18). The maximum atomic E-state index is 13.0. The van der Waals surface area contributed by atoms with Crippen molar-refractivity contribution in [2.45, 2.75) is 32.9 Å². The van der Waals surface area contributed by atoms with Crippen molar-refractivity contribution in [3.05, 3.63) is 34.6 Å². The Bertz CT molecular complexity index is 449. The van der Waals surface area contributed by atoms with E-state index < -0.39 is 17.3 Å². The first-order valence-electron chi connectivity index (χ1n) is 5.71. The summed E-state index contributed by atoms with van der Waals surface area (Å²) in [7, 11) is 0. The molecule has 0 amide bonds. The largest absolute Gasteiger partial charge is 0.480 e. The molecular weight excluding hydrogens is 257 g/mol. The van der Waals surface area contributed by atoms with E-state index >= 15 is 0 Å². The number of carboxylic acid groups (broad SMARTS) is 1. The van der Waals surface area contributed by atoms with E-state index in [-0.39, 0.29) is 5.02 Å². The van der Waals surface area contributed by atoms with E-state index in [9.17, 15) is 14.3 Å². The summed E-state index contributed by atoms with van der Waals surface area (Å²) in [6.07, 6.45) is 0. The molecule has 0 spiro atoms. The zero-order valence-electron chi connectivity index (χ0n) is 10.7. The second-order valence-electron chi connectivity index (χ2n) is 4.63. The van der Waals surface area contributed by atoms with Crippen LogP contribution in [0.4, 0.5) is 4.39 Å². The molecule has 1 aromatic rings. The van der Waals surface area contributed by atoms with Gasteiger partial charge in [-0.2, -0.15) is 0 Å². The number of hydrogen-bond acceptors (Lipinski definition) is 2. The minimum atomic E-state index is -0.977. The lowest BCUT2D eigenvalue weighted by atomic mass is 10.0. The van der Waals surface area contributed by atoms with E-state index in [1.165, 1.54) is 12.1 Å². The average molecular weight is 274 g/mol. The molecule has 0 aliphatic carbocycles. The fourth-order valence-electron chi connectivity index (χ4n) is 1.70. The fourth-order valence-corrected chi connectivity index (χ4v) is 1.90. The normalized spacial score (nSPS) is 11.9. The molecule has 1 aromatic carbocycles. The number of carboxylic acids is 1. The van der Waals surface area contributed by atoms with Crippen LogP contribution in [0.1, 0.15) is 26.3 Å². The summed E-state index contributed by atoms with van der Waals surface area (Å²) >= 11 is 5.71. The predicted octanol–water partition coefficient (Wildman–Crippen LogP) is 3.16. The lowest BCUT2D eigenvalue weighted by Crippen LogP contribution is -2.49. The van der Waals surface area contributed by atoms with Gasteiger partial charge in [0.2, 0.25) is 0 Å². The molecule has 0 aliphatic rings. The number of likely N-dealkylation sites (N-methyl/N-ethyl adjacent to an activating group) is 1. The van der Waals surface area contributed by atoms with Gasteiger partial charge in [0.25, 0.3) is 0 Å². The number of carbonyl (C=O) groups is 1. The molecule has 0 heterocycles. The Hall–Kier alpha value is -1.13. The Morgan fingerprint density at radius 2 is 2.11 bits per heavy atom. The van der Waals surface area contributed by atoms with Crippen molar-refractivity contribution in [3.63, 3.8) is 0 Å². The monoisotopic (exact) mass is 273 g/mol. The SMILES string of the molecule is CCN(Cc1ccc(F)c(Cl)c1)C(C)(C)C(=O)O. The van der Waals surface area contributed by atoms with Crippen LogP contribution in [0.15, 0.2) is 18.2 Å². The third-order valence-electron chi connectivity index (χ3n) is 3.05. The quantitative estimate of drug-likeness (QED) is 0.896. The van der Waals surface area contributed by atoms with E-state index in [1.807, 2.05) is 6.92 Å². The van der Waals surface area contributed by atoms with Crippen molar-refractivity contribution in [2.75, 3.05) is 6.54 Å². The van der Waals surface area contributed by atoms with Crippen LogP contribution < -0.4 is 0 Å².